The SMILES string of the molecule is O=C(NCCC1(C(=O)O)CCCC1)C(F)(F)F. The predicted octanol–water partition coefficient (Wildman–Crippen LogP) is 1.70. The van der Waals surface area contributed by atoms with E-state index in [1.807, 2.05) is 0 Å². The second-order valence-electron chi connectivity index (χ2n) is 4.30. The quantitative estimate of drug-likeness (QED) is 0.801. The summed E-state index contributed by atoms with van der Waals surface area (Å²) in [4.78, 5) is 21.6. The summed E-state index contributed by atoms with van der Waals surface area (Å²) in [5, 5.41) is 10.8. The van der Waals surface area contributed by atoms with Gasteiger partial charge in [-0.1, -0.05) is 12.8 Å². The van der Waals surface area contributed by atoms with Crippen LogP contribution in [0.1, 0.15) is 32.1 Å². The van der Waals surface area contributed by atoms with Crippen LogP contribution in [0.4, 0.5) is 13.2 Å². The molecule has 0 saturated heterocycles. The van der Waals surface area contributed by atoms with Crippen molar-refractivity contribution in [1.82, 2.24) is 5.32 Å². The monoisotopic (exact) mass is 253 g/mol. The number of rotatable bonds is 4. The maximum Gasteiger partial charge on any atom is 0.471 e. The van der Waals surface area contributed by atoms with Crippen LogP contribution in [0.2, 0.25) is 0 Å². The van der Waals surface area contributed by atoms with Crippen molar-refractivity contribution >= 4 is 11.9 Å². The molecule has 17 heavy (non-hydrogen) atoms. The molecule has 1 saturated carbocycles. The highest BCUT2D eigenvalue weighted by molar-refractivity contribution is 5.81. The molecule has 0 aromatic heterocycles. The summed E-state index contributed by atoms with van der Waals surface area (Å²) < 4.78 is 35.6. The predicted molar refractivity (Wildman–Crippen MR) is 52.2 cm³/mol. The zero-order chi connectivity index (χ0) is 13.1. The number of aliphatic carboxylic acids is 1. The van der Waals surface area contributed by atoms with Gasteiger partial charge in [-0.3, -0.25) is 9.59 Å². The van der Waals surface area contributed by atoms with Crippen LogP contribution in [-0.2, 0) is 9.59 Å². The Balaban J connectivity index is 2.44. The number of alkyl halides is 3. The summed E-state index contributed by atoms with van der Waals surface area (Å²) in [6.45, 7) is -0.259. The minimum absolute atomic E-state index is 0.0458. The summed E-state index contributed by atoms with van der Waals surface area (Å²) in [5.74, 6) is -3.01. The first kappa shape index (κ1) is 13.8. The standard InChI is InChI=1S/C10H14F3NO3/c11-10(12,13)7(15)14-6-5-9(8(16)17)3-1-2-4-9/h1-6H2,(H,14,15)(H,16,17). The molecule has 0 heterocycles. The number of hydrogen-bond donors (Lipinski definition) is 2. The molecule has 0 atom stereocenters. The molecule has 1 aliphatic rings. The van der Waals surface area contributed by atoms with E-state index in [0.29, 0.717) is 12.8 Å². The van der Waals surface area contributed by atoms with E-state index in [1.54, 1.807) is 5.32 Å². The Bertz CT molecular complexity index is 308. The molecule has 0 aromatic carbocycles. The third-order valence-corrected chi connectivity index (χ3v) is 3.16. The zero-order valence-electron chi connectivity index (χ0n) is 9.14. The van der Waals surface area contributed by atoms with Gasteiger partial charge in [0, 0.05) is 6.54 Å². The number of hydrogen-bond acceptors (Lipinski definition) is 2. The van der Waals surface area contributed by atoms with E-state index < -0.39 is 23.5 Å². The van der Waals surface area contributed by atoms with Crippen LogP contribution < -0.4 is 5.32 Å². The first-order valence-electron chi connectivity index (χ1n) is 5.36. The van der Waals surface area contributed by atoms with Crippen molar-refractivity contribution in [3.63, 3.8) is 0 Å². The Morgan fingerprint density at radius 1 is 1.24 bits per heavy atom. The van der Waals surface area contributed by atoms with Crippen molar-refractivity contribution in [2.45, 2.75) is 38.3 Å². The van der Waals surface area contributed by atoms with Crippen LogP contribution in [-0.4, -0.2) is 29.7 Å². The fraction of sp³-hybridized carbons (Fsp3) is 0.800. The molecule has 1 amide bonds. The van der Waals surface area contributed by atoms with Crippen molar-refractivity contribution in [2.24, 2.45) is 5.41 Å². The molecule has 0 aliphatic heterocycles. The van der Waals surface area contributed by atoms with Gasteiger partial charge >= 0.3 is 18.1 Å². The number of carboxylic acids is 1. The Labute approximate surface area is 96.2 Å². The van der Waals surface area contributed by atoms with Gasteiger partial charge in [0.05, 0.1) is 5.41 Å². The third-order valence-electron chi connectivity index (χ3n) is 3.16. The lowest BCUT2D eigenvalue weighted by molar-refractivity contribution is -0.173. The van der Waals surface area contributed by atoms with Gasteiger partial charge in [-0.2, -0.15) is 13.2 Å². The number of halogens is 3. The number of carbonyl (C=O) groups excluding carboxylic acids is 1. The average molecular weight is 253 g/mol. The topological polar surface area (TPSA) is 66.4 Å². The smallest absolute Gasteiger partial charge is 0.471 e. The van der Waals surface area contributed by atoms with E-state index in [2.05, 4.69) is 0 Å². The van der Waals surface area contributed by atoms with E-state index in [-0.39, 0.29) is 13.0 Å². The molecule has 1 fully saturated rings. The molecule has 2 N–H and O–H groups in total. The van der Waals surface area contributed by atoms with Gasteiger partial charge in [-0.05, 0) is 19.3 Å². The number of carboxylic acid groups (broad SMARTS) is 1. The van der Waals surface area contributed by atoms with Crippen LogP contribution >= 0.6 is 0 Å². The first-order chi connectivity index (χ1) is 7.78. The van der Waals surface area contributed by atoms with Crippen LogP contribution in [0, 0.1) is 5.41 Å². The highest BCUT2D eigenvalue weighted by Gasteiger charge is 2.42. The lowest BCUT2D eigenvalue weighted by atomic mass is 9.83. The minimum Gasteiger partial charge on any atom is -0.481 e. The fourth-order valence-electron chi connectivity index (χ4n) is 2.14. The molecule has 0 aromatic rings. The fourth-order valence-corrected chi connectivity index (χ4v) is 2.14. The van der Waals surface area contributed by atoms with E-state index in [4.69, 9.17) is 5.11 Å². The van der Waals surface area contributed by atoms with Crippen molar-refractivity contribution in [1.29, 1.82) is 0 Å². The Hall–Kier alpha value is -1.27. The maximum atomic E-state index is 11.9. The lowest BCUT2D eigenvalue weighted by Crippen LogP contribution is -2.40. The molecule has 1 aliphatic carbocycles. The highest BCUT2D eigenvalue weighted by Crippen LogP contribution is 2.41. The molecule has 4 nitrogen and oxygen atoms in total. The van der Waals surface area contributed by atoms with Gasteiger partial charge in [0.1, 0.15) is 0 Å². The van der Waals surface area contributed by atoms with Crippen LogP contribution in [0.25, 0.3) is 0 Å². The molecule has 0 spiro atoms. The second-order valence-corrected chi connectivity index (χ2v) is 4.30. The molecule has 1 rings (SSSR count). The summed E-state index contributed by atoms with van der Waals surface area (Å²) >= 11 is 0. The maximum absolute atomic E-state index is 11.9. The van der Waals surface area contributed by atoms with Crippen LogP contribution in [0.5, 0.6) is 0 Å². The van der Waals surface area contributed by atoms with Crippen LogP contribution in [0.3, 0.4) is 0 Å². The van der Waals surface area contributed by atoms with Gasteiger partial charge in [0.25, 0.3) is 0 Å². The number of nitrogens with one attached hydrogen (secondary N) is 1. The largest absolute Gasteiger partial charge is 0.481 e. The Morgan fingerprint density at radius 2 is 1.76 bits per heavy atom. The molecule has 7 heteroatoms. The van der Waals surface area contributed by atoms with E-state index >= 15 is 0 Å². The molecule has 0 bridgehead atoms. The average Bonchev–Trinajstić information content (AvgIpc) is 2.66. The Morgan fingerprint density at radius 3 is 2.18 bits per heavy atom. The number of carbonyl (C=O) groups is 2. The Kier molecular flexibility index (Phi) is 4.00. The zero-order valence-corrected chi connectivity index (χ0v) is 9.14. The summed E-state index contributed by atoms with van der Waals surface area (Å²) in [5.41, 5.74) is -0.959. The molecule has 0 radical (unpaired) electrons. The van der Waals surface area contributed by atoms with E-state index in [0.717, 1.165) is 12.8 Å². The first-order valence-corrected chi connectivity index (χ1v) is 5.36. The van der Waals surface area contributed by atoms with Crippen molar-refractivity contribution in [3.05, 3.63) is 0 Å². The summed E-state index contributed by atoms with van der Waals surface area (Å²) in [6.07, 6.45) is -2.41. The number of amides is 1. The van der Waals surface area contributed by atoms with Crippen molar-refractivity contribution in [2.75, 3.05) is 6.54 Å². The van der Waals surface area contributed by atoms with Crippen molar-refractivity contribution < 1.29 is 27.9 Å². The molecular weight excluding hydrogens is 239 g/mol. The van der Waals surface area contributed by atoms with Gasteiger partial charge in [-0.25, -0.2) is 0 Å². The second kappa shape index (κ2) is 4.93. The van der Waals surface area contributed by atoms with Gasteiger partial charge < -0.3 is 10.4 Å². The summed E-state index contributed by atoms with van der Waals surface area (Å²) in [6, 6.07) is 0. The molecular formula is C10H14F3NO3. The van der Waals surface area contributed by atoms with Crippen molar-refractivity contribution in [3.8, 4) is 0 Å². The van der Waals surface area contributed by atoms with E-state index in [9.17, 15) is 22.8 Å². The molecule has 0 unspecified atom stereocenters. The van der Waals surface area contributed by atoms with Gasteiger partial charge in [0.2, 0.25) is 0 Å². The van der Waals surface area contributed by atoms with Crippen LogP contribution in [0.15, 0.2) is 0 Å². The van der Waals surface area contributed by atoms with E-state index in [1.165, 1.54) is 0 Å². The highest BCUT2D eigenvalue weighted by atomic mass is 19.4. The normalized spacial score (nSPS) is 19.0. The summed E-state index contributed by atoms with van der Waals surface area (Å²) in [7, 11) is 0. The molecule has 98 valence electrons. The van der Waals surface area contributed by atoms with Gasteiger partial charge in [-0.15, -0.1) is 0 Å². The van der Waals surface area contributed by atoms with Gasteiger partial charge in [0.15, 0.2) is 0 Å². The lowest BCUT2D eigenvalue weighted by Gasteiger charge is -2.23. The third kappa shape index (κ3) is 3.34. The minimum atomic E-state index is -4.91.